The van der Waals surface area contributed by atoms with E-state index >= 15 is 0 Å². The molecule has 0 bridgehead atoms. The van der Waals surface area contributed by atoms with E-state index < -0.39 is 5.97 Å². The van der Waals surface area contributed by atoms with Crippen LogP contribution in [-0.2, 0) is 4.74 Å². The highest BCUT2D eigenvalue weighted by Gasteiger charge is 2.15. The third-order valence-electron chi connectivity index (χ3n) is 1.51. The summed E-state index contributed by atoms with van der Waals surface area (Å²) in [5, 5.41) is 8.75. The number of hydrogen-bond donors (Lipinski definition) is 0. The van der Waals surface area contributed by atoms with Gasteiger partial charge in [0.2, 0.25) is 0 Å². The average molecular weight is 211 g/mol. The van der Waals surface area contributed by atoms with Gasteiger partial charge >= 0.3 is 5.97 Å². The van der Waals surface area contributed by atoms with E-state index in [9.17, 15) is 4.79 Å². The standard InChI is InChI=1S/C9H7ClN2O2/c1-2-14-9(13)6-3-4-12-8(10)7(6)5-11/h3-4H,2H2,1H3. The lowest BCUT2D eigenvalue weighted by Crippen LogP contribution is -2.07. The first-order valence-electron chi connectivity index (χ1n) is 3.92. The topological polar surface area (TPSA) is 63.0 Å². The molecule has 1 rings (SSSR count). The van der Waals surface area contributed by atoms with E-state index in [1.54, 1.807) is 6.92 Å². The number of halogens is 1. The number of aromatic nitrogens is 1. The summed E-state index contributed by atoms with van der Waals surface area (Å²) in [7, 11) is 0. The summed E-state index contributed by atoms with van der Waals surface area (Å²) in [5.74, 6) is -0.562. The van der Waals surface area contributed by atoms with Gasteiger partial charge in [0.15, 0.2) is 0 Å². The smallest absolute Gasteiger partial charge is 0.339 e. The van der Waals surface area contributed by atoms with Gasteiger partial charge in [-0.2, -0.15) is 5.26 Å². The first-order valence-corrected chi connectivity index (χ1v) is 4.30. The molecule has 72 valence electrons. The van der Waals surface area contributed by atoms with E-state index in [0.717, 1.165) is 0 Å². The van der Waals surface area contributed by atoms with Gasteiger partial charge in [0, 0.05) is 6.20 Å². The zero-order valence-electron chi connectivity index (χ0n) is 7.45. The second-order valence-electron chi connectivity index (χ2n) is 2.36. The summed E-state index contributed by atoms with van der Waals surface area (Å²) in [5.41, 5.74) is 0.196. The van der Waals surface area contributed by atoms with Gasteiger partial charge in [0.25, 0.3) is 0 Å². The number of hydrogen-bond acceptors (Lipinski definition) is 4. The van der Waals surface area contributed by atoms with Crippen LogP contribution in [0.3, 0.4) is 0 Å². The Kier molecular flexibility index (Phi) is 3.43. The third kappa shape index (κ3) is 2.01. The maximum atomic E-state index is 11.3. The first-order chi connectivity index (χ1) is 6.70. The lowest BCUT2D eigenvalue weighted by molar-refractivity contribution is 0.0526. The second-order valence-corrected chi connectivity index (χ2v) is 2.71. The van der Waals surface area contributed by atoms with E-state index in [-0.39, 0.29) is 22.9 Å². The quantitative estimate of drug-likeness (QED) is 0.551. The number of esters is 1. The molecule has 0 saturated heterocycles. The van der Waals surface area contributed by atoms with Crippen LogP contribution in [0.5, 0.6) is 0 Å². The molecular formula is C9H7ClN2O2. The number of ether oxygens (including phenoxy) is 1. The Morgan fingerprint density at radius 3 is 3.07 bits per heavy atom. The highest BCUT2D eigenvalue weighted by molar-refractivity contribution is 6.31. The molecule has 0 aliphatic rings. The molecule has 0 N–H and O–H groups in total. The van der Waals surface area contributed by atoms with Gasteiger partial charge in [-0.3, -0.25) is 0 Å². The summed E-state index contributed by atoms with van der Waals surface area (Å²) in [6.45, 7) is 1.94. The van der Waals surface area contributed by atoms with Gasteiger partial charge in [-0.1, -0.05) is 11.6 Å². The van der Waals surface area contributed by atoms with Gasteiger partial charge in [-0.15, -0.1) is 0 Å². The van der Waals surface area contributed by atoms with Crippen molar-refractivity contribution >= 4 is 17.6 Å². The Hall–Kier alpha value is -1.60. The van der Waals surface area contributed by atoms with Crippen LogP contribution in [0.1, 0.15) is 22.8 Å². The summed E-state index contributed by atoms with van der Waals surface area (Å²) in [6.07, 6.45) is 1.36. The predicted molar refractivity (Wildman–Crippen MR) is 49.9 cm³/mol. The number of pyridine rings is 1. The molecule has 1 heterocycles. The molecule has 14 heavy (non-hydrogen) atoms. The molecule has 0 amide bonds. The summed E-state index contributed by atoms with van der Waals surface area (Å²) in [6, 6.07) is 3.21. The predicted octanol–water partition coefficient (Wildman–Crippen LogP) is 1.78. The van der Waals surface area contributed by atoms with Crippen molar-refractivity contribution < 1.29 is 9.53 Å². The van der Waals surface area contributed by atoms with Gasteiger partial charge in [0.1, 0.15) is 16.8 Å². The van der Waals surface area contributed by atoms with Crippen LogP contribution in [0, 0.1) is 11.3 Å². The number of carbonyl (C=O) groups excluding carboxylic acids is 1. The van der Waals surface area contributed by atoms with E-state index in [0.29, 0.717) is 0 Å². The van der Waals surface area contributed by atoms with Gasteiger partial charge < -0.3 is 4.74 Å². The highest BCUT2D eigenvalue weighted by atomic mass is 35.5. The molecule has 0 aliphatic carbocycles. The Bertz CT molecular complexity index is 398. The minimum Gasteiger partial charge on any atom is -0.462 e. The van der Waals surface area contributed by atoms with Gasteiger partial charge in [-0.05, 0) is 13.0 Å². The fourth-order valence-electron chi connectivity index (χ4n) is 0.922. The molecule has 0 atom stereocenters. The van der Waals surface area contributed by atoms with Crippen molar-refractivity contribution in [1.29, 1.82) is 5.26 Å². The number of carbonyl (C=O) groups is 1. The van der Waals surface area contributed by atoms with E-state index in [1.165, 1.54) is 12.3 Å². The lowest BCUT2D eigenvalue weighted by atomic mass is 10.1. The van der Waals surface area contributed by atoms with Gasteiger partial charge in [-0.25, -0.2) is 9.78 Å². The van der Waals surface area contributed by atoms with E-state index in [4.69, 9.17) is 21.6 Å². The van der Waals surface area contributed by atoms with Crippen molar-refractivity contribution in [2.45, 2.75) is 6.92 Å². The zero-order chi connectivity index (χ0) is 10.6. The molecule has 0 fully saturated rings. The van der Waals surface area contributed by atoms with Crippen molar-refractivity contribution in [1.82, 2.24) is 4.98 Å². The summed E-state index contributed by atoms with van der Waals surface area (Å²) >= 11 is 5.63. The molecule has 0 spiro atoms. The second kappa shape index (κ2) is 4.58. The molecule has 0 unspecified atom stereocenters. The number of nitriles is 1. The zero-order valence-corrected chi connectivity index (χ0v) is 8.21. The largest absolute Gasteiger partial charge is 0.462 e. The van der Waals surface area contributed by atoms with Crippen molar-refractivity contribution in [3.63, 3.8) is 0 Å². The minimum absolute atomic E-state index is 0.0121. The Morgan fingerprint density at radius 1 is 1.79 bits per heavy atom. The fourth-order valence-corrected chi connectivity index (χ4v) is 1.12. The molecule has 0 saturated carbocycles. The van der Waals surface area contributed by atoms with Crippen molar-refractivity contribution in [3.05, 3.63) is 28.5 Å². The maximum absolute atomic E-state index is 11.3. The molecule has 0 aliphatic heterocycles. The number of nitrogens with zero attached hydrogens (tertiary/aromatic N) is 2. The molecule has 1 aromatic rings. The van der Waals surface area contributed by atoms with Crippen LogP contribution >= 0.6 is 11.6 Å². The van der Waals surface area contributed by atoms with Crippen LogP contribution in [0.2, 0.25) is 5.15 Å². The van der Waals surface area contributed by atoms with Crippen LogP contribution < -0.4 is 0 Å². The fraction of sp³-hybridized carbons (Fsp3) is 0.222. The van der Waals surface area contributed by atoms with Crippen molar-refractivity contribution in [2.75, 3.05) is 6.61 Å². The van der Waals surface area contributed by atoms with E-state index in [1.807, 2.05) is 6.07 Å². The summed E-state index contributed by atoms with van der Waals surface area (Å²) in [4.78, 5) is 15.0. The maximum Gasteiger partial charge on any atom is 0.339 e. The Balaban J connectivity index is 3.15. The molecule has 0 aromatic carbocycles. The lowest BCUT2D eigenvalue weighted by Gasteiger charge is -2.03. The summed E-state index contributed by atoms with van der Waals surface area (Å²) < 4.78 is 4.75. The van der Waals surface area contributed by atoms with Crippen LogP contribution in [0.25, 0.3) is 0 Å². The molecule has 0 radical (unpaired) electrons. The monoisotopic (exact) mass is 210 g/mol. The minimum atomic E-state index is -0.562. The molecule has 1 aromatic heterocycles. The molecule has 4 nitrogen and oxygen atoms in total. The van der Waals surface area contributed by atoms with Crippen molar-refractivity contribution in [3.8, 4) is 6.07 Å². The van der Waals surface area contributed by atoms with Crippen LogP contribution in [-0.4, -0.2) is 17.6 Å². The number of rotatable bonds is 2. The van der Waals surface area contributed by atoms with Gasteiger partial charge in [0.05, 0.1) is 12.2 Å². The average Bonchev–Trinajstić information content (AvgIpc) is 2.17. The normalized spacial score (nSPS) is 9.21. The highest BCUT2D eigenvalue weighted by Crippen LogP contribution is 2.16. The Labute approximate surface area is 86.1 Å². The Morgan fingerprint density at radius 2 is 2.50 bits per heavy atom. The van der Waals surface area contributed by atoms with E-state index in [2.05, 4.69) is 4.98 Å². The first kappa shape index (κ1) is 10.5. The van der Waals surface area contributed by atoms with Crippen LogP contribution in [0.4, 0.5) is 0 Å². The molecular weight excluding hydrogens is 204 g/mol. The van der Waals surface area contributed by atoms with Crippen molar-refractivity contribution in [2.24, 2.45) is 0 Å². The van der Waals surface area contributed by atoms with Crippen LogP contribution in [0.15, 0.2) is 12.3 Å². The molecule has 5 heteroatoms. The SMILES string of the molecule is CCOC(=O)c1ccnc(Cl)c1C#N. The third-order valence-corrected chi connectivity index (χ3v) is 1.80.